The van der Waals surface area contributed by atoms with Crippen LogP contribution in [0.25, 0.3) is 0 Å². The zero-order valence-corrected chi connectivity index (χ0v) is 11.4. The maximum atomic E-state index is 7.00. The summed E-state index contributed by atoms with van der Waals surface area (Å²) in [7, 11) is 1.00. The molecule has 3 rings (SSSR count). The van der Waals surface area contributed by atoms with Crippen LogP contribution in [0.4, 0.5) is 5.69 Å². The van der Waals surface area contributed by atoms with Crippen LogP contribution >= 0.6 is 0 Å². The van der Waals surface area contributed by atoms with Crippen LogP contribution in [0, 0.1) is 0 Å². The van der Waals surface area contributed by atoms with Gasteiger partial charge in [0.2, 0.25) is 0 Å². The van der Waals surface area contributed by atoms with Gasteiger partial charge in [0, 0.05) is 19.3 Å². The predicted molar refractivity (Wildman–Crippen MR) is 80.3 cm³/mol. The van der Waals surface area contributed by atoms with Crippen molar-refractivity contribution in [3.05, 3.63) is 66.2 Å². The highest BCUT2D eigenvalue weighted by Gasteiger charge is 2.25. The Morgan fingerprint density at radius 1 is 0.895 bits per heavy atom. The molecule has 1 aliphatic rings. The van der Waals surface area contributed by atoms with Gasteiger partial charge in [-0.15, -0.1) is 0 Å². The van der Waals surface area contributed by atoms with Crippen LogP contribution in [0.15, 0.2) is 60.7 Å². The third-order valence-electron chi connectivity index (χ3n) is 3.52. The highest BCUT2D eigenvalue weighted by Crippen LogP contribution is 2.35. The Morgan fingerprint density at radius 3 is 2.11 bits per heavy atom. The number of para-hydroxylation sites is 1. The van der Waals surface area contributed by atoms with E-state index in [2.05, 4.69) is 65.6 Å². The van der Waals surface area contributed by atoms with Crippen molar-refractivity contribution in [1.29, 1.82) is 0 Å². The first kappa shape index (κ1) is 13.6. The van der Waals surface area contributed by atoms with E-state index in [1.54, 1.807) is 0 Å². The monoisotopic (exact) mass is 255 g/mol. The van der Waals surface area contributed by atoms with Crippen LogP contribution in [-0.2, 0) is 0 Å². The van der Waals surface area contributed by atoms with Crippen LogP contribution in [0.2, 0.25) is 0 Å². The zero-order chi connectivity index (χ0) is 13.5. The molecule has 2 aromatic carbocycles. The predicted octanol–water partition coefficient (Wildman–Crippen LogP) is 3.64. The summed E-state index contributed by atoms with van der Waals surface area (Å²) in [4.78, 5) is 2.52. The minimum Gasteiger partial charge on any atom is -0.400 e. The maximum Gasteiger partial charge on any atom is 0.0543 e. The third kappa shape index (κ3) is 3.15. The molecule has 0 bridgehead atoms. The molecule has 1 atom stereocenters. The van der Waals surface area contributed by atoms with E-state index in [4.69, 9.17) is 5.11 Å². The number of aliphatic hydroxyl groups is 1. The van der Waals surface area contributed by atoms with Crippen molar-refractivity contribution in [2.24, 2.45) is 0 Å². The first-order chi connectivity index (χ1) is 9.45. The molecule has 0 aromatic heterocycles. The van der Waals surface area contributed by atoms with Crippen LogP contribution < -0.4 is 4.90 Å². The van der Waals surface area contributed by atoms with E-state index in [1.165, 1.54) is 30.6 Å². The number of nitrogens with zero attached hydrogens (tertiary/aromatic N) is 1. The van der Waals surface area contributed by atoms with Gasteiger partial charge in [0.15, 0.2) is 0 Å². The molecule has 0 amide bonds. The fraction of sp³-hybridized carbons (Fsp3) is 0.294. The number of aliphatic hydroxyl groups excluding tert-OH is 1. The standard InChI is InChI=1S/C16H17N.CH4O/c1-3-8-14(9-4-1)16-12-7-13-17(16)15-10-5-2-6-11-15;1-2/h1-6,8-11,16H,7,12-13H2;2H,1H3. The zero-order valence-electron chi connectivity index (χ0n) is 11.4. The van der Waals surface area contributed by atoms with E-state index in [0.29, 0.717) is 6.04 Å². The molecule has 0 saturated carbocycles. The van der Waals surface area contributed by atoms with Gasteiger partial charge >= 0.3 is 0 Å². The van der Waals surface area contributed by atoms with Gasteiger partial charge in [0.05, 0.1) is 6.04 Å². The topological polar surface area (TPSA) is 23.5 Å². The summed E-state index contributed by atoms with van der Waals surface area (Å²) in [6.07, 6.45) is 2.55. The summed E-state index contributed by atoms with van der Waals surface area (Å²) in [5.41, 5.74) is 2.78. The van der Waals surface area contributed by atoms with Gasteiger partial charge in [0.25, 0.3) is 0 Å². The van der Waals surface area contributed by atoms with Crippen molar-refractivity contribution in [2.75, 3.05) is 18.6 Å². The Balaban J connectivity index is 0.000000637. The van der Waals surface area contributed by atoms with Gasteiger partial charge in [-0.25, -0.2) is 0 Å². The molecule has 0 aliphatic carbocycles. The molecule has 19 heavy (non-hydrogen) atoms. The molecule has 0 radical (unpaired) electrons. The van der Waals surface area contributed by atoms with Gasteiger partial charge in [-0.1, -0.05) is 48.5 Å². The summed E-state index contributed by atoms with van der Waals surface area (Å²) in [5, 5.41) is 7.00. The van der Waals surface area contributed by atoms with Crippen molar-refractivity contribution >= 4 is 5.69 Å². The maximum absolute atomic E-state index is 7.00. The van der Waals surface area contributed by atoms with Gasteiger partial charge in [-0.3, -0.25) is 0 Å². The van der Waals surface area contributed by atoms with Gasteiger partial charge in [0.1, 0.15) is 0 Å². The van der Waals surface area contributed by atoms with Crippen LogP contribution in [0.5, 0.6) is 0 Å². The number of hydrogen-bond acceptors (Lipinski definition) is 2. The molecular formula is C17H21NO. The quantitative estimate of drug-likeness (QED) is 0.885. The van der Waals surface area contributed by atoms with Gasteiger partial charge in [-0.05, 0) is 30.5 Å². The summed E-state index contributed by atoms with van der Waals surface area (Å²) in [6, 6.07) is 22.1. The summed E-state index contributed by atoms with van der Waals surface area (Å²) >= 11 is 0. The Kier molecular flexibility index (Phi) is 4.99. The molecule has 1 unspecified atom stereocenters. The lowest BCUT2D eigenvalue weighted by molar-refractivity contribution is 0.399. The highest BCUT2D eigenvalue weighted by atomic mass is 16.2. The number of benzene rings is 2. The number of anilines is 1. The molecule has 1 saturated heterocycles. The minimum atomic E-state index is 0.554. The molecule has 2 heteroatoms. The summed E-state index contributed by atoms with van der Waals surface area (Å²) < 4.78 is 0. The second-order valence-corrected chi connectivity index (χ2v) is 4.60. The molecular weight excluding hydrogens is 234 g/mol. The average Bonchev–Trinajstić information content (AvgIpc) is 3.01. The van der Waals surface area contributed by atoms with E-state index in [-0.39, 0.29) is 0 Å². The van der Waals surface area contributed by atoms with Gasteiger partial charge in [-0.2, -0.15) is 0 Å². The number of hydrogen-bond donors (Lipinski definition) is 1. The molecule has 2 nitrogen and oxygen atoms in total. The van der Waals surface area contributed by atoms with Crippen LogP contribution in [0.3, 0.4) is 0 Å². The molecule has 0 spiro atoms. The molecule has 1 N–H and O–H groups in total. The van der Waals surface area contributed by atoms with Crippen molar-refractivity contribution in [1.82, 2.24) is 0 Å². The molecule has 1 heterocycles. The third-order valence-corrected chi connectivity index (χ3v) is 3.52. The van der Waals surface area contributed by atoms with Crippen molar-refractivity contribution in [2.45, 2.75) is 18.9 Å². The largest absolute Gasteiger partial charge is 0.400 e. The summed E-state index contributed by atoms with van der Waals surface area (Å²) in [5.74, 6) is 0. The normalized spacial score (nSPS) is 17.8. The fourth-order valence-corrected chi connectivity index (χ4v) is 2.72. The highest BCUT2D eigenvalue weighted by molar-refractivity contribution is 5.49. The van der Waals surface area contributed by atoms with Gasteiger partial charge < -0.3 is 10.0 Å². The molecule has 2 aromatic rings. The summed E-state index contributed by atoms with van der Waals surface area (Å²) in [6.45, 7) is 1.17. The van der Waals surface area contributed by atoms with Crippen molar-refractivity contribution in [3.63, 3.8) is 0 Å². The molecule has 1 fully saturated rings. The van der Waals surface area contributed by atoms with E-state index in [9.17, 15) is 0 Å². The lowest BCUT2D eigenvalue weighted by atomic mass is 10.0. The number of rotatable bonds is 2. The second-order valence-electron chi connectivity index (χ2n) is 4.60. The van der Waals surface area contributed by atoms with Crippen molar-refractivity contribution in [3.8, 4) is 0 Å². The Hall–Kier alpha value is -1.80. The first-order valence-corrected chi connectivity index (χ1v) is 6.76. The average molecular weight is 255 g/mol. The smallest absolute Gasteiger partial charge is 0.0543 e. The van der Waals surface area contributed by atoms with E-state index in [1.807, 2.05) is 0 Å². The second kappa shape index (κ2) is 6.95. The molecule has 1 aliphatic heterocycles. The van der Waals surface area contributed by atoms with Crippen molar-refractivity contribution < 1.29 is 5.11 Å². The lowest BCUT2D eigenvalue weighted by Gasteiger charge is -2.27. The van der Waals surface area contributed by atoms with E-state index in [0.717, 1.165) is 7.11 Å². The van der Waals surface area contributed by atoms with Crippen LogP contribution in [-0.4, -0.2) is 18.8 Å². The minimum absolute atomic E-state index is 0.554. The Labute approximate surface area is 115 Å². The SMILES string of the molecule is CO.c1ccc(C2CCCN2c2ccccc2)cc1. The van der Waals surface area contributed by atoms with E-state index < -0.39 is 0 Å². The van der Waals surface area contributed by atoms with E-state index >= 15 is 0 Å². The van der Waals surface area contributed by atoms with Crippen LogP contribution in [0.1, 0.15) is 24.4 Å². The fourth-order valence-electron chi connectivity index (χ4n) is 2.72. The Morgan fingerprint density at radius 2 is 1.47 bits per heavy atom. The first-order valence-electron chi connectivity index (χ1n) is 6.76. The lowest BCUT2D eigenvalue weighted by Crippen LogP contribution is -2.22. The molecule has 100 valence electrons. The Bertz CT molecular complexity index is 424.